The summed E-state index contributed by atoms with van der Waals surface area (Å²) in [5.41, 5.74) is 1.79. The third kappa shape index (κ3) is 1.77. The number of amides is 2. The Morgan fingerprint density at radius 2 is 1.58 bits per heavy atom. The van der Waals surface area contributed by atoms with Gasteiger partial charge in [-0.1, -0.05) is 18.2 Å². The van der Waals surface area contributed by atoms with E-state index in [0.717, 1.165) is 10.5 Å². The second kappa shape index (κ2) is 4.28. The minimum Gasteiger partial charge on any atom is -0.268 e. The smallest absolute Gasteiger partial charge is 0.267 e. The van der Waals surface area contributed by atoms with E-state index < -0.39 is 0 Å². The average Bonchev–Trinajstić information content (AvgIpc) is 2.66. The maximum atomic E-state index is 12.3. The van der Waals surface area contributed by atoms with Crippen molar-refractivity contribution in [1.29, 1.82) is 0 Å². The minimum absolute atomic E-state index is 0.330. The van der Waals surface area contributed by atoms with Gasteiger partial charge in [0, 0.05) is 0 Å². The highest BCUT2D eigenvalue weighted by atomic mass is 79.9. The molecule has 1 aliphatic heterocycles. The molecule has 0 N–H and O–H groups in total. The van der Waals surface area contributed by atoms with Crippen LogP contribution in [0.4, 0.5) is 5.82 Å². The number of nitrogens with zero attached hydrogens (tertiary/aromatic N) is 2. The number of imide groups is 1. The number of hydrogen-bond acceptors (Lipinski definition) is 3. The standard InChI is InChI=1S/C14H9BrN2O2/c1-8-6-7-11(16-12(8)15)17-13(18)9-4-2-3-5-10(9)14(17)19/h2-7H,1H3. The van der Waals surface area contributed by atoms with Crippen LogP contribution in [0.25, 0.3) is 0 Å². The van der Waals surface area contributed by atoms with Gasteiger partial charge in [-0.25, -0.2) is 9.88 Å². The van der Waals surface area contributed by atoms with Crippen LogP contribution in [0.15, 0.2) is 41.0 Å². The van der Waals surface area contributed by atoms with Crippen molar-refractivity contribution >= 4 is 33.6 Å². The molecular weight excluding hydrogens is 308 g/mol. The zero-order valence-electron chi connectivity index (χ0n) is 10.1. The molecule has 94 valence electrons. The van der Waals surface area contributed by atoms with Gasteiger partial charge in [0.1, 0.15) is 10.4 Å². The van der Waals surface area contributed by atoms with E-state index in [4.69, 9.17) is 0 Å². The van der Waals surface area contributed by atoms with E-state index in [-0.39, 0.29) is 11.8 Å². The molecule has 0 saturated carbocycles. The van der Waals surface area contributed by atoms with Crippen LogP contribution in [-0.4, -0.2) is 16.8 Å². The predicted molar refractivity (Wildman–Crippen MR) is 74.3 cm³/mol. The number of pyridine rings is 1. The number of rotatable bonds is 1. The SMILES string of the molecule is Cc1ccc(N2C(=O)c3ccccc3C2=O)nc1Br. The topological polar surface area (TPSA) is 50.3 Å². The van der Waals surface area contributed by atoms with E-state index >= 15 is 0 Å². The second-order valence-corrected chi connectivity index (χ2v) is 5.02. The lowest BCUT2D eigenvalue weighted by atomic mass is 10.1. The molecule has 0 aliphatic carbocycles. The van der Waals surface area contributed by atoms with Crippen molar-refractivity contribution in [1.82, 2.24) is 4.98 Å². The molecule has 3 rings (SSSR count). The highest BCUT2D eigenvalue weighted by molar-refractivity contribution is 9.10. The molecule has 0 fully saturated rings. The number of carbonyl (C=O) groups is 2. The number of aryl methyl sites for hydroxylation is 1. The van der Waals surface area contributed by atoms with Crippen molar-refractivity contribution in [3.05, 3.63) is 57.7 Å². The Kier molecular flexibility index (Phi) is 2.71. The molecule has 2 aromatic rings. The Hall–Kier alpha value is -2.01. The fourth-order valence-corrected chi connectivity index (χ4v) is 2.33. The Morgan fingerprint density at radius 3 is 2.11 bits per heavy atom. The van der Waals surface area contributed by atoms with Crippen molar-refractivity contribution in [3.8, 4) is 0 Å². The first-order valence-electron chi connectivity index (χ1n) is 5.70. The van der Waals surface area contributed by atoms with E-state index in [1.54, 1.807) is 30.3 Å². The van der Waals surface area contributed by atoms with Crippen LogP contribution in [-0.2, 0) is 0 Å². The molecule has 0 radical (unpaired) electrons. The van der Waals surface area contributed by atoms with E-state index in [1.165, 1.54) is 0 Å². The van der Waals surface area contributed by atoms with Crippen LogP contribution in [0.5, 0.6) is 0 Å². The molecule has 0 saturated heterocycles. The molecule has 1 aliphatic rings. The molecule has 0 bridgehead atoms. The fourth-order valence-electron chi connectivity index (χ4n) is 2.02. The zero-order valence-corrected chi connectivity index (χ0v) is 11.6. The lowest BCUT2D eigenvalue weighted by Crippen LogP contribution is -2.30. The number of benzene rings is 1. The van der Waals surface area contributed by atoms with Gasteiger partial charge in [0.25, 0.3) is 11.8 Å². The first-order chi connectivity index (χ1) is 9.09. The molecule has 0 spiro atoms. The van der Waals surface area contributed by atoms with Crippen molar-refractivity contribution in [2.45, 2.75) is 6.92 Å². The van der Waals surface area contributed by atoms with Crippen molar-refractivity contribution < 1.29 is 9.59 Å². The normalized spacial score (nSPS) is 13.9. The van der Waals surface area contributed by atoms with Gasteiger partial charge < -0.3 is 0 Å². The number of carbonyl (C=O) groups excluding carboxylic acids is 2. The Bertz CT molecular complexity index is 677. The van der Waals surface area contributed by atoms with Crippen molar-refractivity contribution in [2.24, 2.45) is 0 Å². The molecule has 1 aromatic carbocycles. The van der Waals surface area contributed by atoms with E-state index in [1.807, 2.05) is 13.0 Å². The van der Waals surface area contributed by atoms with Crippen LogP contribution in [0.3, 0.4) is 0 Å². The third-order valence-electron chi connectivity index (χ3n) is 3.04. The highest BCUT2D eigenvalue weighted by Crippen LogP contribution is 2.28. The molecule has 1 aromatic heterocycles. The maximum Gasteiger partial charge on any atom is 0.267 e. The van der Waals surface area contributed by atoms with Gasteiger partial charge in [-0.15, -0.1) is 0 Å². The molecular formula is C14H9BrN2O2. The summed E-state index contributed by atoms with van der Waals surface area (Å²) in [5, 5.41) is 0. The molecule has 5 heteroatoms. The molecule has 0 atom stereocenters. The summed E-state index contributed by atoms with van der Waals surface area (Å²) in [6, 6.07) is 10.3. The van der Waals surface area contributed by atoms with Crippen molar-refractivity contribution in [3.63, 3.8) is 0 Å². The number of halogens is 1. The summed E-state index contributed by atoms with van der Waals surface area (Å²) < 4.78 is 0.626. The molecule has 0 unspecified atom stereocenters. The molecule has 19 heavy (non-hydrogen) atoms. The van der Waals surface area contributed by atoms with Gasteiger partial charge in [0.2, 0.25) is 0 Å². The van der Waals surface area contributed by atoms with Gasteiger partial charge in [-0.3, -0.25) is 9.59 Å². The van der Waals surface area contributed by atoms with E-state index in [2.05, 4.69) is 20.9 Å². The maximum absolute atomic E-state index is 12.3. The number of anilines is 1. The third-order valence-corrected chi connectivity index (χ3v) is 3.85. The summed E-state index contributed by atoms with van der Waals surface area (Å²) in [4.78, 5) is 29.9. The summed E-state index contributed by atoms with van der Waals surface area (Å²) in [5.74, 6) is -0.323. The zero-order chi connectivity index (χ0) is 13.6. The first kappa shape index (κ1) is 12.0. The fraction of sp³-hybridized carbons (Fsp3) is 0.0714. The van der Waals surface area contributed by atoms with Gasteiger partial charge in [0.05, 0.1) is 11.1 Å². The monoisotopic (exact) mass is 316 g/mol. The number of fused-ring (bicyclic) bond motifs is 1. The van der Waals surface area contributed by atoms with Crippen LogP contribution in [0.2, 0.25) is 0 Å². The van der Waals surface area contributed by atoms with Crippen LogP contribution >= 0.6 is 15.9 Å². The largest absolute Gasteiger partial charge is 0.268 e. The van der Waals surface area contributed by atoms with Crippen LogP contribution in [0.1, 0.15) is 26.3 Å². The average molecular weight is 317 g/mol. The lowest BCUT2D eigenvalue weighted by Gasteiger charge is -2.13. The van der Waals surface area contributed by atoms with Gasteiger partial charge in [0.15, 0.2) is 0 Å². The van der Waals surface area contributed by atoms with Gasteiger partial charge in [-0.2, -0.15) is 0 Å². The minimum atomic E-state index is -0.330. The van der Waals surface area contributed by atoms with Crippen LogP contribution in [0, 0.1) is 6.92 Å². The first-order valence-corrected chi connectivity index (χ1v) is 6.50. The van der Waals surface area contributed by atoms with E-state index in [0.29, 0.717) is 21.5 Å². The summed E-state index contributed by atoms with van der Waals surface area (Å²) in [6.07, 6.45) is 0. The second-order valence-electron chi connectivity index (χ2n) is 4.27. The Balaban J connectivity index is 2.11. The highest BCUT2D eigenvalue weighted by Gasteiger charge is 2.37. The predicted octanol–water partition coefficient (Wildman–Crippen LogP) is 2.95. The van der Waals surface area contributed by atoms with Gasteiger partial charge in [-0.05, 0) is 46.6 Å². The summed E-state index contributed by atoms with van der Waals surface area (Å²) >= 11 is 3.31. The Morgan fingerprint density at radius 1 is 1.00 bits per heavy atom. The Labute approximate surface area is 118 Å². The number of aromatic nitrogens is 1. The lowest BCUT2D eigenvalue weighted by molar-refractivity contribution is 0.0925. The van der Waals surface area contributed by atoms with E-state index in [9.17, 15) is 9.59 Å². The molecule has 2 heterocycles. The van der Waals surface area contributed by atoms with Crippen LogP contribution < -0.4 is 4.90 Å². The summed E-state index contributed by atoms with van der Waals surface area (Å²) in [6.45, 7) is 1.89. The molecule has 4 nitrogen and oxygen atoms in total. The summed E-state index contributed by atoms with van der Waals surface area (Å²) in [7, 11) is 0. The quantitative estimate of drug-likeness (QED) is 0.600. The van der Waals surface area contributed by atoms with Crippen molar-refractivity contribution in [2.75, 3.05) is 4.90 Å². The molecule has 2 amide bonds. The van der Waals surface area contributed by atoms with Gasteiger partial charge >= 0.3 is 0 Å². The number of hydrogen-bond donors (Lipinski definition) is 0.